The standard InChI is InChI=1S/C9H10O2S/c1-2-12-8-6-4-3-5-7(8)9(10)11/h3-6H,2H2,1H3,(H,10,11)/p-1. The van der Waals surface area contributed by atoms with E-state index in [4.69, 9.17) is 0 Å². The average molecular weight is 181 g/mol. The molecule has 0 saturated carbocycles. The first-order valence-corrected chi connectivity index (χ1v) is 4.67. The summed E-state index contributed by atoms with van der Waals surface area (Å²) < 4.78 is 0. The van der Waals surface area contributed by atoms with Gasteiger partial charge in [0.1, 0.15) is 0 Å². The molecular formula is C9H9O2S-. The number of carbonyl (C=O) groups excluding carboxylic acids is 1. The van der Waals surface area contributed by atoms with Crippen LogP contribution < -0.4 is 5.11 Å². The highest BCUT2D eigenvalue weighted by atomic mass is 32.2. The number of hydrogen-bond acceptors (Lipinski definition) is 3. The number of rotatable bonds is 3. The van der Waals surface area contributed by atoms with E-state index in [1.165, 1.54) is 11.8 Å². The molecule has 0 saturated heterocycles. The first kappa shape index (κ1) is 9.13. The molecule has 12 heavy (non-hydrogen) atoms. The van der Waals surface area contributed by atoms with Gasteiger partial charge in [-0.15, -0.1) is 11.8 Å². The van der Waals surface area contributed by atoms with Gasteiger partial charge in [0.25, 0.3) is 0 Å². The Morgan fingerprint density at radius 2 is 2.17 bits per heavy atom. The van der Waals surface area contributed by atoms with Crippen LogP contribution in [0.15, 0.2) is 29.2 Å². The zero-order chi connectivity index (χ0) is 8.97. The van der Waals surface area contributed by atoms with Crippen LogP contribution in [-0.2, 0) is 0 Å². The van der Waals surface area contributed by atoms with Gasteiger partial charge in [-0.1, -0.05) is 25.1 Å². The fourth-order valence-electron chi connectivity index (χ4n) is 0.917. The minimum atomic E-state index is -1.11. The summed E-state index contributed by atoms with van der Waals surface area (Å²) in [4.78, 5) is 11.3. The molecule has 1 aromatic rings. The summed E-state index contributed by atoms with van der Waals surface area (Å²) >= 11 is 1.51. The molecule has 0 aliphatic heterocycles. The van der Waals surface area contributed by atoms with Crippen LogP contribution in [0.1, 0.15) is 17.3 Å². The molecule has 0 spiro atoms. The number of carboxylic acids is 1. The average Bonchev–Trinajstić information content (AvgIpc) is 2.05. The fourth-order valence-corrected chi connectivity index (χ4v) is 1.71. The van der Waals surface area contributed by atoms with Gasteiger partial charge in [0.05, 0.1) is 5.97 Å². The lowest BCUT2D eigenvalue weighted by molar-refractivity contribution is -0.255. The van der Waals surface area contributed by atoms with Crippen LogP contribution in [0.5, 0.6) is 0 Å². The molecular weight excluding hydrogens is 172 g/mol. The maximum Gasteiger partial charge on any atom is 0.0726 e. The molecule has 0 atom stereocenters. The van der Waals surface area contributed by atoms with Crippen molar-refractivity contribution in [3.63, 3.8) is 0 Å². The number of hydrogen-bond donors (Lipinski definition) is 0. The summed E-state index contributed by atoms with van der Waals surface area (Å²) in [6.45, 7) is 1.98. The predicted molar refractivity (Wildman–Crippen MR) is 47.2 cm³/mol. The Morgan fingerprint density at radius 3 is 2.75 bits per heavy atom. The van der Waals surface area contributed by atoms with Crippen molar-refractivity contribution in [2.75, 3.05) is 5.75 Å². The Morgan fingerprint density at radius 1 is 1.50 bits per heavy atom. The molecule has 3 heteroatoms. The maximum absolute atomic E-state index is 10.6. The van der Waals surface area contributed by atoms with E-state index in [-0.39, 0.29) is 5.56 Å². The van der Waals surface area contributed by atoms with Crippen LogP contribution in [-0.4, -0.2) is 11.7 Å². The van der Waals surface area contributed by atoms with Crippen molar-refractivity contribution in [3.05, 3.63) is 29.8 Å². The van der Waals surface area contributed by atoms with Crippen LogP contribution in [0.3, 0.4) is 0 Å². The van der Waals surface area contributed by atoms with E-state index in [1.807, 2.05) is 13.0 Å². The zero-order valence-electron chi connectivity index (χ0n) is 6.74. The molecule has 0 radical (unpaired) electrons. The molecule has 0 unspecified atom stereocenters. The molecule has 0 heterocycles. The monoisotopic (exact) mass is 181 g/mol. The van der Waals surface area contributed by atoms with Gasteiger partial charge in [-0.05, 0) is 11.8 Å². The van der Waals surface area contributed by atoms with Crippen molar-refractivity contribution >= 4 is 17.7 Å². The van der Waals surface area contributed by atoms with Crippen LogP contribution in [0.4, 0.5) is 0 Å². The van der Waals surface area contributed by atoms with E-state index in [2.05, 4.69) is 0 Å². The SMILES string of the molecule is CCSc1ccccc1C(=O)[O-]. The molecule has 0 N–H and O–H groups in total. The largest absolute Gasteiger partial charge is 0.545 e. The van der Waals surface area contributed by atoms with Gasteiger partial charge in [-0.3, -0.25) is 0 Å². The minimum Gasteiger partial charge on any atom is -0.545 e. The second-order valence-corrected chi connectivity index (χ2v) is 3.52. The van der Waals surface area contributed by atoms with Gasteiger partial charge >= 0.3 is 0 Å². The quantitative estimate of drug-likeness (QED) is 0.657. The third kappa shape index (κ3) is 2.01. The van der Waals surface area contributed by atoms with Crippen molar-refractivity contribution < 1.29 is 9.90 Å². The van der Waals surface area contributed by atoms with Crippen LogP contribution in [0, 0.1) is 0 Å². The number of thioether (sulfide) groups is 1. The second-order valence-electron chi connectivity index (χ2n) is 2.22. The molecule has 0 aromatic heterocycles. The summed E-state index contributed by atoms with van der Waals surface area (Å²) in [6, 6.07) is 6.88. The summed E-state index contributed by atoms with van der Waals surface area (Å²) in [7, 11) is 0. The molecule has 2 nitrogen and oxygen atoms in total. The smallest absolute Gasteiger partial charge is 0.0726 e. The van der Waals surface area contributed by atoms with E-state index in [9.17, 15) is 9.90 Å². The van der Waals surface area contributed by atoms with Crippen LogP contribution in [0.25, 0.3) is 0 Å². The van der Waals surface area contributed by atoms with Gasteiger partial charge in [-0.25, -0.2) is 0 Å². The van der Waals surface area contributed by atoms with E-state index in [1.54, 1.807) is 18.2 Å². The lowest BCUT2D eigenvalue weighted by Gasteiger charge is -2.07. The first-order valence-electron chi connectivity index (χ1n) is 3.69. The van der Waals surface area contributed by atoms with Gasteiger partial charge < -0.3 is 9.90 Å². The third-order valence-electron chi connectivity index (χ3n) is 1.41. The van der Waals surface area contributed by atoms with E-state index in [0.29, 0.717) is 0 Å². The van der Waals surface area contributed by atoms with Gasteiger partial charge in [0.2, 0.25) is 0 Å². The van der Waals surface area contributed by atoms with E-state index < -0.39 is 5.97 Å². The Hall–Kier alpha value is -0.960. The van der Waals surface area contributed by atoms with Crippen LogP contribution >= 0.6 is 11.8 Å². The van der Waals surface area contributed by atoms with Crippen molar-refractivity contribution in [3.8, 4) is 0 Å². The van der Waals surface area contributed by atoms with Gasteiger partial charge in [-0.2, -0.15) is 0 Å². The van der Waals surface area contributed by atoms with E-state index in [0.717, 1.165) is 10.6 Å². The maximum atomic E-state index is 10.6. The molecule has 64 valence electrons. The van der Waals surface area contributed by atoms with Crippen molar-refractivity contribution in [2.45, 2.75) is 11.8 Å². The fraction of sp³-hybridized carbons (Fsp3) is 0.222. The summed E-state index contributed by atoms with van der Waals surface area (Å²) in [6.07, 6.45) is 0. The molecule has 0 bridgehead atoms. The predicted octanol–water partition coefficient (Wildman–Crippen LogP) is 1.16. The molecule has 0 aliphatic rings. The van der Waals surface area contributed by atoms with Crippen LogP contribution in [0.2, 0.25) is 0 Å². The highest BCUT2D eigenvalue weighted by Crippen LogP contribution is 2.21. The molecule has 1 rings (SSSR count). The number of aromatic carboxylic acids is 1. The second kappa shape index (κ2) is 4.16. The van der Waals surface area contributed by atoms with Gasteiger partial charge in [0, 0.05) is 10.5 Å². The number of carboxylic acid groups (broad SMARTS) is 1. The lowest BCUT2D eigenvalue weighted by atomic mass is 10.2. The Balaban J connectivity index is 3.00. The highest BCUT2D eigenvalue weighted by Gasteiger charge is 2.00. The molecule has 0 aliphatic carbocycles. The van der Waals surface area contributed by atoms with Crippen molar-refractivity contribution in [1.82, 2.24) is 0 Å². The first-order chi connectivity index (χ1) is 5.75. The van der Waals surface area contributed by atoms with Crippen molar-refractivity contribution in [1.29, 1.82) is 0 Å². The molecule has 0 amide bonds. The number of carbonyl (C=O) groups is 1. The minimum absolute atomic E-state index is 0.282. The Labute approximate surface area is 75.6 Å². The summed E-state index contributed by atoms with van der Waals surface area (Å²) in [5, 5.41) is 10.6. The normalized spacial score (nSPS) is 9.75. The Bertz CT molecular complexity index is 284. The lowest BCUT2D eigenvalue weighted by Crippen LogP contribution is -2.22. The number of benzene rings is 1. The topological polar surface area (TPSA) is 40.1 Å². The molecule has 1 aromatic carbocycles. The third-order valence-corrected chi connectivity index (χ3v) is 2.36. The van der Waals surface area contributed by atoms with Crippen molar-refractivity contribution in [2.24, 2.45) is 0 Å². The van der Waals surface area contributed by atoms with E-state index >= 15 is 0 Å². The molecule has 0 fully saturated rings. The summed E-state index contributed by atoms with van der Waals surface area (Å²) in [5.74, 6) is -0.240. The summed E-state index contributed by atoms with van der Waals surface area (Å²) in [5.41, 5.74) is 0.282. The highest BCUT2D eigenvalue weighted by molar-refractivity contribution is 7.99. The zero-order valence-corrected chi connectivity index (χ0v) is 7.56. The Kier molecular flexibility index (Phi) is 3.17. The van der Waals surface area contributed by atoms with Gasteiger partial charge in [0.15, 0.2) is 0 Å².